The first kappa shape index (κ1) is 10.1. The lowest BCUT2D eigenvalue weighted by atomic mass is 10.0. The van der Waals surface area contributed by atoms with Crippen LogP contribution in [0.5, 0.6) is 0 Å². The maximum atomic E-state index is 5.65. The van der Waals surface area contributed by atoms with E-state index < -0.39 is 0 Å². The summed E-state index contributed by atoms with van der Waals surface area (Å²) in [6.07, 6.45) is 1.49. The lowest BCUT2D eigenvalue weighted by molar-refractivity contribution is 0.0600. The molecule has 0 spiro atoms. The summed E-state index contributed by atoms with van der Waals surface area (Å²) >= 11 is 1.87. The van der Waals surface area contributed by atoms with Crippen LogP contribution in [-0.4, -0.2) is 19.3 Å². The monoisotopic (exact) mass is 211 g/mol. The van der Waals surface area contributed by atoms with E-state index in [2.05, 4.69) is 30.6 Å². The molecule has 1 aromatic rings. The number of hydrogen-bond acceptors (Lipinski definition) is 3. The summed E-state index contributed by atoms with van der Waals surface area (Å²) in [7, 11) is 0. The average Bonchev–Trinajstić information content (AvgIpc) is 2.62. The van der Waals surface area contributed by atoms with Crippen LogP contribution in [0.3, 0.4) is 0 Å². The van der Waals surface area contributed by atoms with Crippen molar-refractivity contribution in [2.75, 3.05) is 13.2 Å². The van der Waals surface area contributed by atoms with Gasteiger partial charge in [-0.05, 0) is 37.3 Å². The van der Waals surface area contributed by atoms with E-state index in [0.717, 1.165) is 13.2 Å². The molecule has 2 nitrogen and oxygen atoms in total. The summed E-state index contributed by atoms with van der Waals surface area (Å²) in [6.45, 7) is 6.04. The molecule has 0 unspecified atom stereocenters. The Bertz CT molecular complexity index is 295. The number of thiophene rings is 1. The molecule has 14 heavy (non-hydrogen) atoms. The molecule has 1 atom stereocenters. The van der Waals surface area contributed by atoms with Crippen LogP contribution in [0.15, 0.2) is 11.4 Å². The minimum absolute atomic E-state index is 0.320. The number of ether oxygens (including phenoxy) is 1. The SMILES string of the molecule is CC(C)OC[C@@H]1NCCc2sccc21. The highest BCUT2D eigenvalue weighted by atomic mass is 32.1. The topological polar surface area (TPSA) is 21.3 Å². The lowest BCUT2D eigenvalue weighted by Gasteiger charge is -2.24. The highest BCUT2D eigenvalue weighted by Crippen LogP contribution is 2.27. The molecule has 1 aliphatic rings. The van der Waals surface area contributed by atoms with E-state index >= 15 is 0 Å². The molecule has 78 valence electrons. The molecule has 0 bridgehead atoms. The molecule has 0 amide bonds. The molecule has 1 aliphatic heterocycles. The summed E-state index contributed by atoms with van der Waals surface area (Å²) in [6, 6.07) is 2.63. The molecule has 0 radical (unpaired) electrons. The van der Waals surface area contributed by atoms with Crippen molar-refractivity contribution in [2.45, 2.75) is 32.4 Å². The fraction of sp³-hybridized carbons (Fsp3) is 0.636. The molecule has 0 saturated carbocycles. The average molecular weight is 211 g/mol. The summed E-state index contributed by atoms with van der Waals surface area (Å²) in [5, 5.41) is 5.68. The molecule has 1 aromatic heterocycles. The van der Waals surface area contributed by atoms with E-state index in [1.165, 1.54) is 16.9 Å². The number of fused-ring (bicyclic) bond motifs is 1. The molecular weight excluding hydrogens is 194 g/mol. The summed E-state index contributed by atoms with van der Waals surface area (Å²) in [5.41, 5.74) is 1.45. The van der Waals surface area contributed by atoms with Gasteiger partial charge in [0.25, 0.3) is 0 Å². The van der Waals surface area contributed by atoms with Gasteiger partial charge in [0.2, 0.25) is 0 Å². The highest BCUT2D eigenvalue weighted by Gasteiger charge is 2.20. The largest absolute Gasteiger partial charge is 0.377 e. The van der Waals surface area contributed by atoms with Crippen molar-refractivity contribution in [1.29, 1.82) is 0 Å². The molecule has 0 aromatic carbocycles. The Balaban J connectivity index is 2.01. The molecular formula is C11H17NOS. The Morgan fingerprint density at radius 1 is 1.64 bits per heavy atom. The molecule has 3 heteroatoms. The van der Waals surface area contributed by atoms with Crippen LogP contribution < -0.4 is 5.32 Å². The minimum atomic E-state index is 0.320. The molecule has 2 heterocycles. The van der Waals surface area contributed by atoms with Crippen LogP contribution in [0.2, 0.25) is 0 Å². The Labute approximate surface area is 89.3 Å². The smallest absolute Gasteiger partial charge is 0.0665 e. The predicted molar refractivity (Wildman–Crippen MR) is 59.9 cm³/mol. The van der Waals surface area contributed by atoms with Crippen LogP contribution in [0.1, 0.15) is 30.3 Å². The van der Waals surface area contributed by atoms with E-state index in [9.17, 15) is 0 Å². The Morgan fingerprint density at radius 2 is 2.50 bits per heavy atom. The van der Waals surface area contributed by atoms with Gasteiger partial charge in [-0.25, -0.2) is 0 Å². The zero-order valence-corrected chi connectivity index (χ0v) is 9.56. The van der Waals surface area contributed by atoms with Crippen molar-refractivity contribution in [2.24, 2.45) is 0 Å². The van der Waals surface area contributed by atoms with Gasteiger partial charge < -0.3 is 10.1 Å². The van der Waals surface area contributed by atoms with Crippen LogP contribution in [0.25, 0.3) is 0 Å². The van der Waals surface area contributed by atoms with Crippen LogP contribution in [0.4, 0.5) is 0 Å². The van der Waals surface area contributed by atoms with Gasteiger partial charge in [0.1, 0.15) is 0 Å². The Hall–Kier alpha value is -0.380. The highest BCUT2D eigenvalue weighted by molar-refractivity contribution is 7.10. The molecule has 0 saturated heterocycles. The first-order valence-corrected chi connectivity index (χ1v) is 6.06. The summed E-state index contributed by atoms with van der Waals surface area (Å²) in [5.74, 6) is 0. The van der Waals surface area contributed by atoms with Gasteiger partial charge in [0.05, 0.1) is 18.8 Å². The zero-order chi connectivity index (χ0) is 9.97. The maximum absolute atomic E-state index is 5.65. The van der Waals surface area contributed by atoms with Crippen molar-refractivity contribution in [3.8, 4) is 0 Å². The predicted octanol–water partition coefficient (Wildman–Crippen LogP) is 2.36. The van der Waals surface area contributed by atoms with Gasteiger partial charge in [-0.15, -0.1) is 11.3 Å². The molecule has 2 rings (SSSR count). The number of nitrogens with one attached hydrogen (secondary N) is 1. The van der Waals surface area contributed by atoms with Crippen molar-refractivity contribution >= 4 is 11.3 Å². The number of hydrogen-bond donors (Lipinski definition) is 1. The van der Waals surface area contributed by atoms with Crippen molar-refractivity contribution < 1.29 is 4.74 Å². The van der Waals surface area contributed by atoms with Crippen molar-refractivity contribution in [3.05, 3.63) is 21.9 Å². The van der Waals surface area contributed by atoms with Crippen molar-refractivity contribution in [1.82, 2.24) is 5.32 Å². The number of rotatable bonds is 3. The quantitative estimate of drug-likeness (QED) is 0.828. The van der Waals surface area contributed by atoms with E-state index in [-0.39, 0.29) is 0 Å². The van der Waals surface area contributed by atoms with Crippen LogP contribution >= 0.6 is 11.3 Å². The maximum Gasteiger partial charge on any atom is 0.0665 e. The fourth-order valence-electron chi connectivity index (χ4n) is 1.77. The van der Waals surface area contributed by atoms with Gasteiger partial charge in [-0.1, -0.05) is 0 Å². The third-order valence-electron chi connectivity index (χ3n) is 2.49. The van der Waals surface area contributed by atoms with E-state index in [4.69, 9.17) is 4.74 Å². The zero-order valence-electron chi connectivity index (χ0n) is 8.75. The molecule has 0 aliphatic carbocycles. The third kappa shape index (κ3) is 2.16. The lowest BCUT2D eigenvalue weighted by Crippen LogP contribution is -2.32. The normalized spacial score (nSPS) is 21.2. The second-order valence-corrected chi connectivity index (χ2v) is 4.94. The van der Waals surface area contributed by atoms with E-state index in [0.29, 0.717) is 12.1 Å². The van der Waals surface area contributed by atoms with E-state index in [1.54, 1.807) is 0 Å². The Morgan fingerprint density at radius 3 is 3.29 bits per heavy atom. The Kier molecular flexibility index (Phi) is 3.21. The van der Waals surface area contributed by atoms with Crippen LogP contribution in [-0.2, 0) is 11.2 Å². The third-order valence-corrected chi connectivity index (χ3v) is 3.49. The standard InChI is InChI=1S/C11H17NOS/c1-8(2)13-7-10-9-4-6-14-11(9)3-5-12-10/h4,6,8,10,12H,3,5,7H2,1-2H3/t10-/m0/s1. The van der Waals surface area contributed by atoms with Gasteiger partial charge in [-0.3, -0.25) is 0 Å². The first-order chi connectivity index (χ1) is 6.77. The summed E-state index contributed by atoms with van der Waals surface area (Å²) in [4.78, 5) is 1.53. The van der Waals surface area contributed by atoms with Crippen LogP contribution in [0, 0.1) is 0 Å². The minimum Gasteiger partial charge on any atom is -0.377 e. The fourth-order valence-corrected chi connectivity index (χ4v) is 2.72. The van der Waals surface area contributed by atoms with Gasteiger partial charge in [0.15, 0.2) is 0 Å². The second kappa shape index (κ2) is 4.43. The van der Waals surface area contributed by atoms with Gasteiger partial charge in [-0.2, -0.15) is 0 Å². The second-order valence-electron chi connectivity index (χ2n) is 3.94. The van der Waals surface area contributed by atoms with Gasteiger partial charge in [0, 0.05) is 11.4 Å². The van der Waals surface area contributed by atoms with E-state index in [1.807, 2.05) is 11.3 Å². The van der Waals surface area contributed by atoms with Crippen molar-refractivity contribution in [3.63, 3.8) is 0 Å². The molecule has 1 N–H and O–H groups in total. The molecule has 0 fully saturated rings. The first-order valence-electron chi connectivity index (χ1n) is 5.18. The summed E-state index contributed by atoms with van der Waals surface area (Å²) < 4.78 is 5.65. The van der Waals surface area contributed by atoms with Gasteiger partial charge >= 0.3 is 0 Å².